The summed E-state index contributed by atoms with van der Waals surface area (Å²) in [6.45, 7) is 0. The van der Waals surface area contributed by atoms with Gasteiger partial charge in [0, 0.05) is 5.41 Å². The third-order valence-electron chi connectivity index (χ3n) is 0.832. The number of halogens is 3. The van der Waals surface area contributed by atoms with Gasteiger partial charge in [0.15, 0.2) is 0 Å². The first-order valence-corrected chi connectivity index (χ1v) is 2.99. The van der Waals surface area contributed by atoms with Crippen molar-refractivity contribution in [2.75, 3.05) is 0 Å². The Hall–Kier alpha value is -0.160. The minimum atomic E-state index is -4.17. The lowest BCUT2D eigenvalue weighted by Gasteiger charge is -2.11. The van der Waals surface area contributed by atoms with Crippen LogP contribution in [-0.4, -0.2) is 12.2 Å². The van der Waals surface area contributed by atoms with Gasteiger partial charge in [-0.15, -0.1) is 0 Å². The lowest BCUT2D eigenvalue weighted by molar-refractivity contribution is -0.139. The zero-order valence-electron chi connectivity index (χ0n) is 4.20. The molecule has 0 saturated heterocycles. The maximum atomic E-state index is 11.6. The van der Waals surface area contributed by atoms with Crippen LogP contribution in [0.4, 0.5) is 13.2 Å². The van der Waals surface area contributed by atoms with E-state index in [9.17, 15) is 13.2 Å². The Kier molecular flexibility index (Phi) is 1.72. The van der Waals surface area contributed by atoms with Crippen LogP contribution in [0.25, 0.3) is 0 Å². The second-order valence-corrected chi connectivity index (χ2v) is 2.20. The van der Waals surface area contributed by atoms with Crippen LogP contribution in [0.5, 0.6) is 0 Å². The van der Waals surface area contributed by atoms with E-state index in [0.29, 0.717) is 0 Å². The van der Waals surface area contributed by atoms with Crippen LogP contribution in [0.3, 0.4) is 0 Å². The van der Waals surface area contributed by atoms with E-state index >= 15 is 0 Å². The molecule has 1 rings (SSSR count). The topological polar surface area (TPSA) is 12.0 Å². The SMILES string of the molecule is FC(F)(F)C1C=[C]SN1. The molecule has 1 atom stereocenters. The molecule has 1 nitrogen and oxygen atoms in total. The summed E-state index contributed by atoms with van der Waals surface area (Å²) in [6, 6.07) is -1.51. The second-order valence-electron chi connectivity index (χ2n) is 1.52. The maximum absolute atomic E-state index is 11.6. The maximum Gasteiger partial charge on any atom is 0.408 e. The molecule has 1 radical (unpaired) electrons. The standard InChI is InChI=1S/C4H3F3NS/c5-4(6,7)3-1-2-9-8-3/h1,3,8H. The van der Waals surface area contributed by atoms with E-state index in [1.165, 1.54) is 0 Å². The zero-order chi connectivity index (χ0) is 6.91. The van der Waals surface area contributed by atoms with Gasteiger partial charge in [-0.1, -0.05) is 0 Å². The zero-order valence-corrected chi connectivity index (χ0v) is 5.01. The van der Waals surface area contributed by atoms with Crippen LogP contribution in [0.1, 0.15) is 0 Å². The van der Waals surface area contributed by atoms with E-state index in [1.54, 1.807) is 0 Å². The highest BCUT2D eigenvalue weighted by molar-refractivity contribution is 7.99. The van der Waals surface area contributed by atoms with Crippen molar-refractivity contribution in [1.29, 1.82) is 0 Å². The molecule has 9 heavy (non-hydrogen) atoms. The van der Waals surface area contributed by atoms with Crippen molar-refractivity contribution in [3.05, 3.63) is 11.5 Å². The highest BCUT2D eigenvalue weighted by Crippen LogP contribution is 2.25. The lowest BCUT2D eigenvalue weighted by atomic mass is 10.3. The number of hydrogen-bond acceptors (Lipinski definition) is 2. The largest absolute Gasteiger partial charge is 0.408 e. The smallest absolute Gasteiger partial charge is 0.244 e. The van der Waals surface area contributed by atoms with Crippen LogP contribution in [0, 0.1) is 5.41 Å². The number of alkyl halides is 3. The van der Waals surface area contributed by atoms with Gasteiger partial charge in [0.25, 0.3) is 0 Å². The quantitative estimate of drug-likeness (QED) is 0.530. The fraction of sp³-hybridized carbons (Fsp3) is 0.500. The van der Waals surface area contributed by atoms with E-state index in [-0.39, 0.29) is 0 Å². The normalized spacial score (nSPS) is 27.2. The highest BCUT2D eigenvalue weighted by atomic mass is 32.2. The summed E-state index contributed by atoms with van der Waals surface area (Å²) in [5.41, 5.74) is 0. The Labute approximate surface area is 54.4 Å². The lowest BCUT2D eigenvalue weighted by Crippen LogP contribution is -2.34. The number of nitrogens with one attached hydrogen (secondary N) is 1. The second kappa shape index (κ2) is 2.22. The van der Waals surface area contributed by atoms with E-state index < -0.39 is 12.2 Å². The Bertz CT molecular complexity index is 130. The predicted molar refractivity (Wildman–Crippen MR) is 28.4 cm³/mol. The number of rotatable bonds is 0. The molecule has 0 aromatic heterocycles. The first kappa shape index (κ1) is 6.95. The molecule has 1 heterocycles. The summed E-state index contributed by atoms with van der Waals surface area (Å²) < 4.78 is 37.0. The Morgan fingerprint density at radius 1 is 1.56 bits per heavy atom. The molecule has 5 heteroatoms. The molecule has 1 aliphatic rings. The highest BCUT2D eigenvalue weighted by Gasteiger charge is 2.39. The minimum absolute atomic E-state index is 0.833. The Morgan fingerprint density at radius 2 is 2.22 bits per heavy atom. The molecule has 1 aliphatic heterocycles. The monoisotopic (exact) mass is 154 g/mol. The van der Waals surface area contributed by atoms with E-state index in [2.05, 4.69) is 10.1 Å². The van der Waals surface area contributed by atoms with Crippen LogP contribution >= 0.6 is 11.9 Å². The fourth-order valence-corrected chi connectivity index (χ4v) is 0.996. The van der Waals surface area contributed by atoms with Gasteiger partial charge in [-0.25, -0.2) is 4.72 Å². The van der Waals surface area contributed by atoms with Crippen molar-refractivity contribution < 1.29 is 13.2 Å². The third kappa shape index (κ3) is 1.62. The molecule has 0 bridgehead atoms. The van der Waals surface area contributed by atoms with Crippen molar-refractivity contribution >= 4 is 11.9 Å². The third-order valence-corrected chi connectivity index (χ3v) is 1.46. The summed E-state index contributed by atoms with van der Waals surface area (Å²) in [6.07, 6.45) is -3.21. The van der Waals surface area contributed by atoms with Gasteiger partial charge in [0.1, 0.15) is 6.04 Å². The molecule has 0 aromatic carbocycles. The molecule has 0 aliphatic carbocycles. The summed E-state index contributed by atoms with van der Waals surface area (Å²) >= 11 is 0.833. The molecule has 1 unspecified atom stereocenters. The summed E-state index contributed by atoms with van der Waals surface area (Å²) in [5.74, 6) is 0. The van der Waals surface area contributed by atoms with Gasteiger partial charge >= 0.3 is 6.18 Å². The van der Waals surface area contributed by atoms with Crippen LogP contribution in [-0.2, 0) is 0 Å². The van der Waals surface area contributed by atoms with Gasteiger partial charge in [0.2, 0.25) is 0 Å². The van der Waals surface area contributed by atoms with Crippen molar-refractivity contribution in [3.8, 4) is 0 Å². The van der Waals surface area contributed by atoms with Gasteiger partial charge in [-0.2, -0.15) is 13.2 Å². The summed E-state index contributed by atoms with van der Waals surface area (Å²) in [7, 11) is 0. The molecule has 1 N–H and O–H groups in total. The first-order chi connectivity index (χ1) is 4.11. The molecule has 0 fully saturated rings. The van der Waals surface area contributed by atoms with Gasteiger partial charge in [-0.3, -0.25) is 0 Å². The molecular formula is C4H3F3NS. The van der Waals surface area contributed by atoms with E-state index in [0.717, 1.165) is 18.0 Å². The van der Waals surface area contributed by atoms with Crippen molar-refractivity contribution in [3.63, 3.8) is 0 Å². The average Bonchev–Trinajstić information content (AvgIpc) is 2.08. The number of hydrogen-bond donors (Lipinski definition) is 1. The van der Waals surface area contributed by atoms with Crippen molar-refractivity contribution in [2.24, 2.45) is 0 Å². The molecule has 0 amide bonds. The van der Waals surface area contributed by atoms with Crippen LogP contribution in [0.2, 0.25) is 0 Å². The van der Waals surface area contributed by atoms with Crippen molar-refractivity contribution in [2.45, 2.75) is 12.2 Å². The van der Waals surface area contributed by atoms with E-state index in [4.69, 9.17) is 0 Å². The average molecular weight is 154 g/mol. The van der Waals surface area contributed by atoms with Gasteiger partial charge < -0.3 is 0 Å². The fourth-order valence-electron chi connectivity index (χ4n) is 0.395. The molecular weight excluding hydrogens is 151 g/mol. The Balaban J connectivity index is 2.53. The van der Waals surface area contributed by atoms with Crippen LogP contribution in [0.15, 0.2) is 6.08 Å². The molecule has 51 valence electrons. The first-order valence-electron chi connectivity index (χ1n) is 2.17. The molecule has 0 spiro atoms. The van der Waals surface area contributed by atoms with Gasteiger partial charge in [-0.05, 0) is 18.0 Å². The Morgan fingerprint density at radius 3 is 2.44 bits per heavy atom. The van der Waals surface area contributed by atoms with Gasteiger partial charge in [0.05, 0.1) is 0 Å². The summed E-state index contributed by atoms with van der Waals surface area (Å²) in [5, 5.41) is 2.34. The predicted octanol–water partition coefficient (Wildman–Crippen LogP) is 1.49. The molecule has 0 aromatic rings. The van der Waals surface area contributed by atoms with E-state index in [1.807, 2.05) is 0 Å². The molecule has 0 saturated carbocycles. The van der Waals surface area contributed by atoms with Crippen LogP contribution < -0.4 is 4.72 Å². The van der Waals surface area contributed by atoms with Crippen molar-refractivity contribution in [1.82, 2.24) is 4.72 Å². The summed E-state index contributed by atoms with van der Waals surface area (Å²) in [4.78, 5) is 0. The minimum Gasteiger partial charge on any atom is -0.244 e.